The quantitative estimate of drug-likeness (QED) is 0.397. The monoisotopic (exact) mass is 492 g/mol. The molecule has 0 saturated carbocycles. The van der Waals surface area contributed by atoms with Crippen molar-refractivity contribution in [3.05, 3.63) is 41.2 Å². The van der Waals surface area contributed by atoms with Gasteiger partial charge in [0.15, 0.2) is 10.9 Å². The Kier molecular flexibility index (Phi) is 4.53. The summed E-state index contributed by atoms with van der Waals surface area (Å²) in [6.07, 6.45) is -3.91. The number of halogens is 5. The number of nitrogens with zero attached hydrogens (tertiary/aromatic N) is 4. The van der Waals surface area contributed by atoms with Crippen LogP contribution in [0.1, 0.15) is 17.8 Å². The van der Waals surface area contributed by atoms with E-state index < -0.39 is 28.9 Å². The highest BCUT2D eigenvalue weighted by Gasteiger charge is 2.40. The maximum atomic E-state index is 16.0. The highest BCUT2D eigenvalue weighted by atomic mass is 32.1. The van der Waals surface area contributed by atoms with Gasteiger partial charge in [-0.05, 0) is 31.5 Å². The molecule has 6 nitrogen and oxygen atoms in total. The van der Waals surface area contributed by atoms with Crippen molar-refractivity contribution >= 4 is 43.4 Å². The van der Waals surface area contributed by atoms with Crippen LogP contribution in [0.3, 0.4) is 0 Å². The minimum Gasteiger partial charge on any atom is -0.375 e. The molecule has 12 heteroatoms. The maximum Gasteiger partial charge on any atom is 0.417 e. The molecule has 2 bridgehead atoms. The van der Waals surface area contributed by atoms with Crippen molar-refractivity contribution in [1.82, 2.24) is 20.3 Å². The minimum absolute atomic E-state index is 0.0170. The Labute approximate surface area is 193 Å². The molecule has 2 atom stereocenters. The fourth-order valence-electron chi connectivity index (χ4n) is 4.93. The number of hydrogen-bond acceptors (Lipinski definition) is 7. The number of nitrogens with one attached hydrogen (secondary N) is 1. The van der Waals surface area contributed by atoms with Gasteiger partial charge < -0.3 is 16.0 Å². The van der Waals surface area contributed by atoms with Gasteiger partial charge >= 0.3 is 6.18 Å². The van der Waals surface area contributed by atoms with Crippen molar-refractivity contribution in [2.45, 2.75) is 31.6 Å². The molecule has 0 radical (unpaired) electrons. The van der Waals surface area contributed by atoms with Crippen LogP contribution in [0.15, 0.2) is 18.2 Å². The van der Waals surface area contributed by atoms with Gasteiger partial charge in [-0.1, -0.05) is 11.3 Å². The molecule has 34 heavy (non-hydrogen) atoms. The maximum absolute atomic E-state index is 16.0. The average Bonchev–Trinajstić information content (AvgIpc) is 3.16. The lowest BCUT2D eigenvalue weighted by atomic mass is 9.90. The smallest absolute Gasteiger partial charge is 0.375 e. The highest BCUT2D eigenvalue weighted by molar-refractivity contribution is 7.22. The first kappa shape index (κ1) is 21.4. The summed E-state index contributed by atoms with van der Waals surface area (Å²) in [5.74, 6) is -1.34. The van der Waals surface area contributed by atoms with Gasteiger partial charge in [0, 0.05) is 41.7 Å². The summed E-state index contributed by atoms with van der Waals surface area (Å²) in [4.78, 5) is 14.4. The second-order valence-corrected chi connectivity index (χ2v) is 9.66. The zero-order chi connectivity index (χ0) is 23.9. The summed E-state index contributed by atoms with van der Waals surface area (Å²) < 4.78 is 73.2. The summed E-state index contributed by atoms with van der Waals surface area (Å²) in [6.45, 7) is 2.69. The van der Waals surface area contributed by atoms with E-state index in [-0.39, 0.29) is 55.5 Å². The molecular formula is C22H17F5N6S. The van der Waals surface area contributed by atoms with Crippen molar-refractivity contribution in [3.63, 3.8) is 0 Å². The summed E-state index contributed by atoms with van der Waals surface area (Å²) in [6, 6.07) is 3.41. The number of piperidine rings is 1. The number of piperazine rings is 1. The van der Waals surface area contributed by atoms with Gasteiger partial charge in [-0.3, -0.25) is 0 Å². The van der Waals surface area contributed by atoms with E-state index in [9.17, 15) is 17.6 Å². The van der Waals surface area contributed by atoms with Gasteiger partial charge in [-0.25, -0.2) is 23.7 Å². The SMILES string of the molecule is Cc1nc(N2CC3CC(C2)N3)c2cc(C(F)(F)F)c(-c3ccc(F)c4sc(N)nc34)c(F)c2n1. The number of rotatable bonds is 2. The first-order valence-corrected chi connectivity index (χ1v) is 11.4. The minimum atomic E-state index is -4.90. The Morgan fingerprint density at radius 2 is 1.79 bits per heavy atom. The number of hydrogen-bond donors (Lipinski definition) is 2. The lowest BCUT2D eigenvalue weighted by Gasteiger charge is -2.49. The predicted octanol–water partition coefficient (Wildman–Crippen LogP) is 4.64. The van der Waals surface area contributed by atoms with E-state index in [0.717, 1.165) is 36.0 Å². The second kappa shape index (κ2) is 7.19. The predicted molar refractivity (Wildman–Crippen MR) is 120 cm³/mol. The van der Waals surface area contributed by atoms with Crippen molar-refractivity contribution in [3.8, 4) is 11.1 Å². The lowest BCUT2D eigenvalue weighted by Crippen LogP contribution is -2.67. The fourth-order valence-corrected chi connectivity index (χ4v) is 5.69. The standard InChI is InChI=1S/C22H17F5N6S/c1-8-29-17-12(20(30-8)33-6-9-4-10(7-33)31-9)5-13(22(25,26)27)15(16(17)24)11-2-3-14(23)19-18(11)32-21(28)34-19/h2-3,5,9-10,31H,4,6-7H2,1H3,(H2,28,32). The van der Waals surface area contributed by atoms with Crippen molar-refractivity contribution in [2.75, 3.05) is 23.7 Å². The molecule has 3 saturated heterocycles. The zero-order valence-corrected chi connectivity index (χ0v) is 18.5. The molecule has 3 fully saturated rings. The Morgan fingerprint density at radius 1 is 1.09 bits per heavy atom. The van der Waals surface area contributed by atoms with E-state index in [1.54, 1.807) is 6.92 Å². The number of anilines is 2. The molecule has 2 aromatic heterocycles. The summed E-state index contributed by atoms with van der Waals surface area (Å²) >= 11 is 0.788. The van der Waals surface area contributed by atoms with Crippen LogP contribution in [-0.2, 0) is 6.18 Å². The number of aromatic nitrogens is 3. The van der Waals surface area contributed by atoms with E-state index in [2.05, 4.69) is 20.3 Å². The molecule has 3 aliphatic heterocycles. The molecule has 7 rings (SSSR count). The molecule has 0 spiro atoms. The van der Waals surface area contributed by atoms with Crippen LogP contribution in [0.4, 0.5) is 32.9 Å². The summed E-state index contributed by atoms with van der Waals surface area (Å²) in [5, 5.41) is 3.31. The van der Waals surface area contributed by atoms with Gasteiger partial charge in [0.2, 0.25) is 0 Å². The van der Waals surface area contributed by atoms with Gasteiger partial charge in [-0.15, -0.1) is 0 Å². The van der Waals surface area contributed by atoms with Gasteiger partial charge in [-0.2, -0.15) is 13.2 Å². The number of fused-ring (bicyclic) bond motifs is 4. The molecule has 176 valence electrons. The Morgan fingerprint density at radius 3 is 2.47 bits per heavy atom. The Hall–Kier alpha value is -3.12. The number of nitrogens with two attached hydrogens (primary N) is 1. The third kappa shape index (κ3) is 3.19. The number of nitrogen functional groups attached to an aromatic ring is 1. The first-order valence-electron chi connectivity index (χ1n) is 10.5. The Balaban J connectivity index is 1.66. The topological polar surface area (TPSA) is 80.0 Å². The van der Waals surface area contributed by atoms with Gasteiger partial charge in [0.25, 0.3) is 0 Å². The van der Waals surface area contributed by atoms with Crippen LogP contribution in [0.5, 0.6) is 0 Å². The van der Waals surface area contributed by atoms with Crippen molar-refractivity contribution < 1.29 is 22.0 Å². The zero-order valence-electron chi connectivity index (χ0n) is 17.7. The molecule has 2 aromatic carbocycles. The van der Waals surface area contributed by atoms with Crippen LogP contribution in [-0.4, -0.2) is 40.1 Å². The molecule has 4 aromatic rings. The third-order valence-corrected chi connectivity index (χ3v) is 7.22. The van der Waals surface area contributed by atoms with Crippen LogP contribution in [0.25, 0.3) is 32.2 Å². The molecular weight excluding hydrogens is 475 g/mol. The van der Waals surface area contributed by atoms with Crippen LogP contribution in [0.2, 0.25) is 0 Å². The largest absolute Gasteiger partial charge is 0.417 e. The molecule has 3 N–H and O–H groups in total. The average molecular weight is 492 g/mol. The Bertz CT molecular complexity index is 1470. The molecule has 0 aliphatic carbocycles. The van der Waals surface area contributed by atoms with Crippen LogP contribution in [0, 0.1) is 18.6 Å². The van der Waals surface area contributed by atoms with Crippen molar-refractivity contribution in [2.24, 2.45) is 0 Å². The molecule has 2 unspecified atom stereocenters. The van der Waals surface area contributed by atoms with E-state index in [4.69, 9.17) is 5.73 Å². The summed E-state index contributed by atoms with van der Waals surface area (Å²) in [5.41, 5.74) is 3.21. The van der Waals surface area contributed by atoms with Crippen molar-refractivity contribution in [1.29, 1.82) is 0 Å². The number of thiazole rings is 1. The third-order valence-electron chi connectivity index (χ3n) is 6.33. The molecule has 0 amide bonds. The van der Waals surface area contributed by atoms with Crippen LogP contribution < -0.4 is 16.0 Å². The summed E-state index contributed by atoms with van der Waals surface area (Å²) in [7, 11) is 0. The first-order chi connectivity index (χ1) is 16.1. The van der Waals surface area contributed by atoms with E-state index >= 15 is 4.39 Å². The lowest BCUT2D eigenvalue weighted by molar-refractivity contribution is -0.137. The number of aryl methyl sites for hydroxylation is 1. The second-order valence-electron chi connectivity index (χ2n) is 8.63. The number of benzene rings is 2. The highest BCUT2D eigenvalue weighted by Crippen LogP contribution is 2.45. The molecule has 5 heterocycles. The van der Waals surface area contributed by atoms with E-state index in [1.807, 2.05) is 4.90 Å². The molecule has 3 aliphatic rings. The normalized spacial score (nSPS) is 20.2. The van der Waals surface area contributed by atoms with E-state index in [1.165, 1.54) is 0 Å². The van der Waals surface area contributed by atoms with Gasteiger partial charge in [0.05, 0.1) is 15.8 Å². The number of alkyl halides is 3. The fraction of sp³-hybridized carbons (Fsp3) is 0.318. The van der Waals surface area contributed by atoms with Gasteiger partial charge in [0.1, 0.15) is 23.0 Å². The van der Waals surface area contributed by atoms with Crippen LogP contribution >= 0.6 is 11.3 Å². The van der Waals surface area contributed by atoms with E-state index in [0.29, 0.717) is 13.1 Å².